The summed E-state index contributed by atoms with van der Waals surface area (Å²) in [5.74, 6) is -0.114. The molecule has 1 aromatic heterocycles. The molecule has 0 bridgehead atoms. The van der Waals surface area contributed by atoms with Crippen LogP contribution in [0.1, 0.15) is 5.76 Å². The van der Waals surface area contributed by atoms with Crippen molar-refractivity contribution in [3.63, 3.8) is 0 Å². The average Bonchev–Trinajstić information content (AvgIpc) is 2.64. The lowest BCUT2D eigenvalue weighted by Crippen LogP contribution is -2.40. The molecular formula is C9H14N2O3. The average molecular weight is 198 g/mol. The van der Waals surface area contributed by atoms with Crippen molar-refractivity contribution in [3.05, 3.63) is 24.2 Å². The molecule has 78 valence electrons. The summed E-state index contributed by atoms with van der Waals surface area (Å²) >= 11 is 0. The summed E-state index contributed by atoms with van der Waals surface area (Å²) in [5.41, 5.74) is 5.29. The molecule has 5 nitrogen and oxygen atoms in total. The van der Waals surface area contributed by atoms with Crippen LogP contribution in [0.5, 0.6) is 0 Å². The minimum Gasteiger partial charge on any atom is -0.480 e. The zero-order valence-corrected chi connectivity index (χ0v) is 7.77. The first kappa shape index (κ1) is 10.7. The second-order valence-corrected chi connectivity index (χ2v) is 2.98. The molecule has 1 atom stereocenters. The van der Waals surface area contributed by atoms with Gasteiger partial charge < -0.3 is 20.6 Å². The van der Waals surface area contributed by atoms with Crippen LogP contribution in [0.3, 0.4) is 0 Å². The van der Waals surface area contributed by atoms with Crippen molar-refractivity contribution in [1.82, 2.24) is 5.32 Å². The van der Waals surface area contributed by atoms with Gasteiger partial charge in [0.15, 0.2) is 0 Å². The summed E-state index contributed by atoms with van der Waals surface area (Å²) in [5, 5.41) is 11.4. The second-order valence-electron chi connectivity index (χ2n) is 2.98. The summed E-state index contributed by atoms with van der Waals surface area (Å²) < 4.78 is 5.10. The SMILES string of the molecule is NC(CNCCc1ccco1)C(=O)O. The molecule has 0 spiro atoms. The maximum atomic E-state index is 10.3. The summed E-state index contributed by atoms with van der Waals surface area (Å²) in [4.78, 5) is 10.3. The Kier molecular flexibility index (Phi) is 4.15. The topological polar surface area (TPSA) is 88.5 Å². The molecule has 0 aliphatic rings. The Labute approximate surface area is 81.9 Å². The molecule has 0 aliphatic carbocycles. The molecule has 1 rings (SSSR count). The Morgan fingerprint density at radius 2 is 2.50 bits per heavy atom. The van der Waals surface area contributed by atoms with Crippen molar-refractivity contribution in [2.45, 2.75) is 12.5 Å². The molecule has 0 aromatic carbocycles. The van der Waals surface area contributed by atoms with Gasteiger partial charge in [-0.15, -0.1) is 0 Å². The van der Waals surface area contributed by atoms with Crippen molar-refractivity contribution in [1.29, 1.82) is 0 Å². The molecule has 1 aromatic rings. The van der Waals surface area contributed by atoms with Gasteiger partial charge in [0.05, 0.1) is 6.26 Å². The number of rotatable bonds is 6. The van der Waals surface area contributed by atoms with Crippen LogP contribution in [0.2, 0.25) is 0 Å². The van der Waals surface area contributed by atoms with Gasteiger partial charge in [0.25, 0.3) is 0 Å². The molecule has 1 unspecified atom stereocenters. The van der Waals surface area contributed by atoms with Crippen LogP contribution in [0.15, 0.2) is 22.8 Å². The van der Waals surface area contributed by atoms with Crippen LogP contribution in [-0.2, 0) is 11.2 Å². The van der Waals surface area contributed by atoms with Gasteiger partial charge in [0.1, 0.15) is 11.8 Å². The van der Waals surface area contributed by atoms with Crippen molar-refractivity contribution >= 4 is 5.97 Å². The number of aliphatic carboxylic acids is 1. The van der Waals surface area contributed by atoms with Gasteiger partial charge in [-0.2, -0.15) is 0 Å². The molecular weight excluding hydrogens is 184 g/mol. The molecule has 4 N–H and O–H groups in total. The third-order valence-corrected chi connectivity index (χ3v) is 1.81. The lowest BCUT2D eigenvalue weighted by molar-refractivity contribution is -0.138. The maximum absolute atomic E-state index is 10.3. The fourth-order valence-electron chi connectivity index (χ4n) is 1.01. The van der Waals surface area contributed by atoms with Crippen LogP contribution in [0.4, 0.5) is 0 Å². The van der Waals surface area contributed by atoms with E-state index in [1.165, 1.54) is 0 Å². The van der Waals surface area contributed by atoms with Crippen LogP contribution < -0.4 is 11.1 Å². The lowest BCUT2D eigenvalue weighted by Gasteiger charge is -2.06. The van der Waals surface area contributed by atoms with Crippen molar-refractivity contribution in [2.75, 3.05) is 13.1 Å². The van der Waals surface area contributed by atoms with Crippen molar-refractivity contribution in [3.8, 4) is 0 Å². The van der Waals surface area contributed by atoms with E-state index in [9.17, 15) is 4.79 Å². The highest BCUT2D eigenvalue weighted by molar-refractivity contribution is 5.73. The highest BCUT2D eigenvalue weighted by Gasteiger charge is 2.09. The highest BCUT2D eigenvalue weighted by Crippen LogP contribution is 1.99. The predicted octanol–water partition coefficient (Wildman–Crippen LogP) is -0.176. The van der Waals surface area contributed by atoms with E-state index in [1.54, 1.807) is 6.26 Å². The van der Waals surface area contributed by atoms with E-state index < -0.39 is 12.0 Å². The number of nitrogens with one attached hydrogen (secondary N) is 1. The van der Waals surface area contributed by atoms with E-state index in [-0.39, 0.29) is 6.54 Å². The van der Waals surface area contributed by atoms with Gasteiger partial charge in [0.2, 0.25) is 0 Å². The largest absolute Gasteiger partial charge is 0.480 e. The Hall–Kier alpha value is -1.33. The zero-order valence-electron chi connectivity index (χ0n) is 7.77. The lowest BCUT2D eigenvalue weighted by atomic mass is 10.3. The maximum Gasteiger partial charge on any atom is 0.321 e. The first-order valence-corrected chi connectivity index (χ1v) is 4.41. The smallest absolute Gasteiger partial charge is 0.321 e. The fourth-order valence-corrected chi connectivity index (χ4v) is 1.01. The first-order valence-electron chi connectivity index (χ1n) is 4.41. The Bertz CT molecular complexity index is 272. The van der Waals surface area contributed by atoms with Gasteiger partial charge >= 0.3 is 5.97 Å². The summed E-state index contributed by atoms with van der Waals surface area (Å²) in [6.45, 7) is 0.935. The minimum absolute atomic E-state index is 0.274. The standard InChI is InChI=1S/C9H14N2O3/c10-8(9(12)13)6-11-4-3-7-2-1-5-14-7/h1-2,5,8,11H,3-4,6,10H2,(H,12,13). The molecule has 0 radical (unpaired) electrons. The first-order chi connectivity index (χ1) is 6.70. The Morgan fingerprint density at radius 3 is 3.07 bits per heavy atom. The highest BCUT2D eigenvalue weighted by atomic mass is 16.4. The summed E-state index contributed by atoms with van der Waals surface area (Å²) in [6, 6.07) is 2.85. The van der Waals surface area contributed by atoms with Crippen LogP contribution in [0, 0.1) is 0 Å². The van der Waals surface area contributed by atoms with Crippen molar-refractivity contribution < 1.29 is 14.3 Å². The third kappa shape index (κ3) is 3.59. The van der Waals surface area contributed by atoms with Gasteiger partial charge in [-0.05, 0) is 12.1 Å². The molecule has 5 heteroatoms. The number of nitrogens with two attached hydrogens (primary N) is 1. The summed E-state index contributed by atoms with van der Waals surface area (Å²) in [6.07, 6.45) is 2.34. The number of furan rings is 1. The number of carbonyl (C=O) groups is 1. The van der Waals surface area contributed by atoms with E-state index in [4.69, 9.17) is 15.3 Å². The molecule has 0 saturated carbocycles. The van der Waals surface area contributed by atoms with Gasteiger partial charge in [-0.3, -0.25) is 4.79 Å². The molecule has 0 saturated heterocycles. The van der Waals surface area contributed by atoms with Crippen molar-refractivity contribution in [2.24, 2.45) is 5.73 Å². The van der Waals surface area contributed by atoms with Crippen LogP contribution >= 0.6 is 0 Å². The van der Waals surface area contributed by atoms with Gasteiger partial charge in [-0.1, -0.05) is 0 Å². The molecule has 0 amide bonds. The van der Waals surface area contributed by atoms with E-state index >= 15 is 0 Å². The number of hydrogen-bond donors (Lipinski definition) is 3. The Balaban J connectivity index is 2.08. The number of carboxylic acid groups (broad SMARTS) is 1. The predicted molar refractivity (Wildman–Crippen MR) is 50.9 cm³/mol. The van der Waals surface area contributed by atoms with Crippen LogP contribution in [-0.4, -0.2) is 30.2 Å². The summed E-state index contributed by atoms with van der Waals surface area (Å²) in [7, 11) is 0. The van der Waals surface area contributed by atoms with E-state index in [0.29, 0.717) is 6.54 Å². The zero-order chi connectivity index (χ0) is 10.4. The fraction of sp³-hybridized carbons (Fsp3) is 0.444. The van der Waals surface area contributed by atoms with E-state index in [1.807, 2.05) is 12.1 Å². The molecule has 1 heterocycles. The minimum atomic E-state index is -0.990. The molecule has 0 fully saturated rings. The monoisotopic (exact) mass is 198 g/mol. The Morgan fingerprint density at radius 1 is 1.71 bits per heavy atom. The van der Waals surface area contributed by atoms with Gasteiger partial charge in [0, 0.05) is 19.5 Å². The quantitative estimate of drug-likeness (QED) is 0.552. The van der Waals surface area contributed by atoms with Crippen LogP contribution in [0.25, 0.3) is 0 Å². The number of carboxylic acids is 1. The van der Waals surface area contributed by atoms with E-state index in [2.05, 4.69) is 5.32 Å². The third-order valence-electron chi connectivity index (χ3n) is 1.81. The number of hydrogen-bond acceptors (Lipinski definition) is 4. The normalized spacial score (nSPS) is 12.6. The molecule has 0 aliphatic heterocycles. The molecule has 14 heavy (non-hydrogen) atoms. The van der Waals surface area contributed by atoms with Gasteiger partial charge in [-0.25, -0.2) is 0 Å². The second kappa shape index (κ2) is 5.41. The van der Waals surface area contributed by atoms with E-state index in [0.717, 1.165) is 12.2 Å².